The molecule has 0 saturated heterocycles. The van der Waals surface area contributed by atoms with Crippen LogP contribution in [0.15, 0.2) is 54.7 Å². The summed E-state index contributed by atoms with van der Waals surface area (Å²) in [7, 11) is 0. The molecule has 0 atom stereocenters. The van der Waals surface area contributed by atoms with Gasteiger partial charge in [0.1, 0.15) is 29.0 Å². The van der Waals surface area contributed by atoms with E-state index in [9.17, 15) is 5.11 Å². The van der Waals surface area contributed by atoms with Crippen LogP contribution in [0.1, 0.15) is 5.69 Å². The molecule has 0 radical (unpaired) electrons. The summed E-state index contributed by atoms with van der Waals surface area (Å²) >= 11 is 0. The quantitative estimate of drug-likeness (QED) is 0.766. The lowest BCUT2D eigenvalue weighted by Gasteiger charge is -2.08. The van der Waals surface area contributed by atoms with Gasteiger partial charge in [-0.25, -0.2) is 4.98 Å². The first kappa shape index (κ1) is 12.0. The van der Waals surface area contributed by atoms with Gasteiger partial charge in [0.25, 0.3) is 0 Å². The lowest BCUT2D eigenvalue weighted by molar-refractivity contribution is 0.477. The van der Waals surface area contributed by atoms with Gasteiger partial charge in [0.2, 0.25) is 0 Å². The second-order valence-corrected chi connectivity index (χ2v) is 4.23. The van der Waals surface area contributed by atoms with Crippen molar-refractivity contribution in [2.24, 2.45) is 0 Å². The van der Waals surface area contributed by atoms with E-state index in [1.807, 2.05) is 36.4 Å². The number of hydrogen-bond acceptors (Lipinski definition) is 4. The summed E-state index contributed by atoms with van der Waals surface area (Å²) in [5, 5.41) is 20.0. The number of nitrogens with zero attached hydrogens (tertiary/aromatic N) is 2. The number of ether oxygens (including phenoxy) is 1. The van der Waals surface area contributed by atoms with E-state index >= 15 is 0 Å². The lowest BCUT2D eigenvalue weighted by Crippen LogP contribution is -1.88. The van der Waals surface area contributed by atoms with E-state index in [1.54, 1.807) is 18.2 Å². The van der Waals surface area contributed by atoms with Gasteiger partial charge in [-0.2, -0.15) is 5.26 Å². The van der Waals surface area contributed by atoms with Crippen molar-refractivity contribution in [3.8, 4) is 23.3 Å². The van der Waals surface area contributed by atoms with Gasteiger partial charge in [-0.05, 0) is 30.3 Å². The number of pyridine rings is 1. The highest BCUT2D eigenvalue weighted by atomic mass is 16.5. The van der Waals surface area contributed by atoms with Gasteiger partial charge in [-0.3, -0.25) is 0 Å². The third-order valence-corrected chi connectivity index (χ3v) is 2.92. The zero-order valence-corrected chi connectivity index (χ0v) is 10.4. The maximum Gasteiger partial charge on any atom is 0.148 e. The van der Waals surface area contributed by atoms with Crippen molar-refractivity contribution < 1.29 is 9.84 Å². The van der Waals surface area contributed by atoms with Crippen LogP contribution in [0.4, 0.5) is 0 Å². The Bertz CT molecular complexity index is 808. The summed E-state index contributed by atoms with van der Waals surface area (Å²) < 4.78 is 5.71. The zero-order chi connectivity index (χ0) is 13.9. The second kappa shape index (κ2) is 4.90. The van der Waals surface area contributed by atoms with Crippen LogP contribution in [0, 0.1) is 11.3 Å². The van der Waals surface area contributed by atoms with Gasteiger partial charge in [-0.15, -0.1) is 0 Å². The normalized spacial score (nSPS) is 10.2. The van der Waals surface area contributed by atoms with E-state index in [0.717, 1.165) is 0 Å². The first-order valence-electron chi connectivity index (χ1n) is 6.02. The topological polar surface area (TPSA) is 66.1 Å². The summed E-state index contributed by atoms with van der Waals surface area (Å²) in [6.45, 7) is 0. The molecule has 3 aromatic rings. The van der Waals surface area contributed by atoms with Crippen molar-refractivity contribution in [3.05, 3.63) is 60.4 Å². The molecule has 0 aliphatic heterocycles. The van der Waals surface area contributed by atoms with Gasteiger partial charge in [0.15, 0.2) is 0 Å². The average Bonchev–Trinajstić information content (AvgIpc) is 2.49. The Morgan fingerprint density at radius 2 is 1.80 bits per heavy atom. The Hall–Kier alpha value is -3.06. The molecular formula is C16H10N2O2. The molecule has 3 rings (SSSR count). The molecule has 0 aliphatic carbocycles. The molecule has 0 spiro atoms. The first-order valence-corrected chi connectivity index (χ1v) is 6.02. The van der Waals surface area contributed by atoms with Crippen LogP contribution in [0.25, 0.3) is 10.8 Å². The van der Waals surface area contributed by atoms with E-state index in [1.165, 1.54) is 6.20 Å². The minimum absolute atomic E-state index is 0.0465. The standard InChI is InChI=1S/C16H10N2O2/c17-9-15-14-8-12(20-11-4-2-1-3-5-11)6-7-13(14)16(19)10-18-15/h1-8,10,19H. The fourth-order valence-corrected chi connectivity index (χ4v) is 1.98. The fourth-order valence-electron chi connectivity index (χ4n) is 1.98. The molecule has 96 valence electrons. The van der Waals surface area contributed by atoms with Gasteiger partial charge in [0.05, 0.1) is 6.20 Å². The number of rotatable bonds is 2. The smallest absolute Gasteiger partial charge is 0.148 e. The predicted octanol–water partition coefficient (Wildman–Crippen LogP) is 3.60. The maximum atomic E-state index is 9.76. The molecule has 4 nitrogen and oxygen atoms in total. The van der Waals surface area contributed by atoms with E-state index in [4.69, 9.17) is 10.00 Å². The number of para-hydroxylation sites is 1. The summed E-state index contributed by atoms with van der Waals surface area (Å²) in [4.78, 5) is 3.91. The van der Waals surface area contributed by atoms with Crippen molar-refractivity contribution in [3.63, 3.8) is 0 Å². The summed E-state index contributed by atoms with van der Waals surface area (Å²) in [6, 6.07) is 16.5. The van der Waals surface area contributed by atoms with E-state index in [-0.39, 0.29) is 11.4 Å². The Labute approximate surface area is 115 Å². The van der Waals surface area contributed by atoms with E-state index in [0.29, 0.717) is 22.3 Å². The number of aromatic nitrogens is 1. The molecule has 4 heteroatoms. The molecule has 1 N–H and O–H groups in total. The van der Waals surface area contributed by atoms with E-state index < -0.39 is 0 Å². The Kier molecular flexibility index (Phi) is 2.94. The van der Waals surface area contributed by atoms with Crippen molar-refractivity contribution in [2.75, 3.05) is 0 Å². The molecule has 2 aromatic carbocycles. The molecule has 0 amide bonds. The van der Waals surface area contributed by atoms with Crippen molar-refractivity contribution >= 4 is 10.8 Å². The third kappa shape index (κ3) is 2.13. The van der Waals surface area contributed by atoms with Crippen LogP contribution in [-0.4, -0.2) is 10.1 Å². The van der Waals surface area contributed by atoms with Crippen molar-refractivity contribution in [1.29, 1.82) is 5.26 Å². The average molecular weight is 262 g/mol. The third-order valence-electron chi connectivity index (χ3n) is 2.92. The molecule has 0 bridgehead atoms. The summed E-state index contributed by atoms with van der Waals surface area (Å²) in [5.41, 5.74) is 0.260. The van der Waals surface area contributed by atoms with Crippen LogP contribution in [-0.2, 0) is 0 Å². The van der Waals surface area contributed by atoms with Crippen molar-refractivity contribution in [2.45, 2.75) is 0 Å². The summed E-state index contributed by atoms with van der Waals surface area (Å²) in [5.74, 6) is 1.34. The maximum absolute atomic E-state index is 9.76. The largest absolute Gasteiger partial charge is 0.506 e. The van der Waals surface area contributed by atoms with Crippen LogP contribution < -0.4 is 4.74 Å². The lowest BCUT2D eigenvalue weighted by atomic mass is 10.1. The minimum atomic E-state index is 0.0465. The zero-order valence-electron chi connectivity index (χ0n) is 10.4. The molecule has 1 aromatic heterocycles. The Morgan fingerprint density at radius 1 is 1.00 bits per heavy atom. The van der Waals surface area contributed by atoms with Gasteiger partial charge in [0, 0.05) is 10.8 Å². The second-order valence-electron chi connectivity index (χ2n) is 4.23. The Balaban J connectivity index is 2.09. The highest BCUT2D eigenvalue weighted by Crippen LogP contribution is 2.31. The highest BCUT2D eigenvalue weighted by Gasteiger charge is 2.08. The number of fused-ring (bicyclic) bond motifs is 1. The predicted molar refractivity (Wildman–Crippen MR) is 74.6 cm³/mol. The first-order chi connectivity index (χ1) is 9.78. The Morgan fingerprint density at radius 3 is 2.55 bits per heavy atom. The highest BCUT2D eigenvalue weighted by molar-refractivity contribution is 5.92. The minimum Gasteiger partial charge on any atom is -0.506 e. The molecule has 1 heterocycles. The van der Waals surface area contributed by atoms with Crippen LogP contribution in [0.3, 0.4) is 0 Å². The monoisotopic (exact) mass is 262 g/mol. The number of nitriles is 1. The molecular weight excluding hydrogens is 252 g/mol. The molecule has 0 saturated carbocycles. The molecule has 0 unspecified atom stereocenters. The van der Waals surface area contributed by atoms with Gasteiger partial charge >= 0.3 is 0 Å². The molecule has 0 aliphatic rings. The van der Waals surface area contributed by atoms with Crippen LogP contribution >= 0.6 is 0 Å². The molecule has 20 heavy (non-hydrogen) atoms. The summed E-state index contributed by atoms with van der Waals surface area (Å²) in [6.07, 6.45) is 1.28. The molecule has 0 fully saturated rings. The van der Waals surface area contributed by atoms with Gasteiger partial charge in [-0.1, -0.05) is 18.2 Å². The number of hydrogen-bond donors (Lipinski definition) is 1. The van der Waals surface area contributed by atoms with Crippen molar-refractivity contribution in [1.82, 2.24) is 4.98 Å². The van der Waals surface area contributed by atoms with Gasteiger partial charge < -0.3 is 9.84 Å². The number of benzene rings is 2. The SMILES string of the molecule is N#Cc1ncc(O)c2ccc(Oc3ccccc3)cc12. The van der Waals surface area contributed by atoms with E-state index in [2.05, 4.69) is 4.98 Å². The van der Waals surface area contributed by atoms with Crippen LogP contribution in [0.2, 0.25) is 0 Å². The van der Waals surface area contributed by atoms with Crippen LogP contribution in [0.5, 0.6) is 17.2 Å². The fraction of sp³-hybridized carbons (Fsp3) is 0. The number of aromatic hydroxyl groups is 1.